The monoisotopic (exact) mass is 451 g/mol. The molecule has 0 spiro atoms. The predicted molar refractivity (Wildman–Crippen MR) is 109 cm³/mol. The van der Waals surface area contributed by atoms with Crippen LogP contribution >= 0.6 is 0 Å². The third kappa shape index (κ3) is 4.02. The SMILES string of the molecule is O=C(O)C1CCC(C(=O)c2ccc(OCC34CC5CC(CC(C5)C3)C4)c(C(F)(F)F)c2)N1. The second-order valence-corrected chi connectivity index (χ2v) is 10.5. The molecule has 1 aromatic carbocycles. The van der Waals surface area contributed by atoms with Gasteiger partial charge in [0.15, 0.2) is 5.78 Å². The van der Waals surface area contributed by atoms with Gasteiger partial charge in [0.05, 0.1) is 18.2 Å². The number of rotatable bonds is 6. The number of carboxylic acids is 1. The Labute approximate surface area is 184 Å². The zero-order valence-corrected chi connectivity index (χ0v) is 17.8. The first-order chi connectivity index (χ1) is 15.1. The molecule has 1 aliphatic heterocycles. The molecule has 174 valence electrons. The van der Waals surface area contributed by atoms with Crippen molar-refractivity contribution in [3.05, 3.63) is 29.3 Å². The second kappa shape index (κ2) is 7.75. The van der Waals surface area contributed by atoms with E-state index in [9.17, 15) is 22.8 Å². The first-order valence-corrected chi connectivity index (χ1v) is 11.5. The molecule has 4 aliphatic carbocycles. The summed E-state index contributed by atoms with van der Waals surface area (Å²) in [5, 5.41) is 11.8. The molecular weight excluding hydrogens is 423 g/mol. The number of ketones is 1. The molecule has 0 amide bonds. The first kappa shape index (κ1) is 21.7. The molecule has 1 aromatic rings. The molecular formula is C24H28F3NO4. The summed E-state index contributed by atoms with van der Waals surface area (Å²) in [5.74, 6) is 0.227. The van der Waals surface area contributed by atoms with Gasteiger partial charge in [0.2, 0.25) is 0 Å². The van der Waals surface area contributed by atoms with Crippen molar-refractivity contribution >= 4 is 11.8 Å². The lowest BCUT2D eigenvalue weighted by Gasteiger charge is -2.56. The Kier molecular flexibility index (Phi) is 5.26. The lowest BCUT2D eigenvalue weighted by molar-refractivity contribution is -0.140. The van der Waals surface area contributed by atoms with Gasteiger partial charge in [-0.25, -0.2) is 0 Å². The summed E-state index contributed by atoms with van der Waals surface area (Å²) in [6, 6.07) is 1.82. The Hall–Kier alpha value is -2.09. The summed E-state index contributed by atoms with van der Waals surface area (Å²) in [6.45, 7) is 0.289. The van der Waals surface area contributed by atoms with Crippen LogP contribution in [0.2, 0.25) is 0 Å². The first-order valence-electron chi connectivity index (χ1n) is 11.5. The summed E-state index contributed by atoms with van der Waals surface area (Å²) in [5.41, 5.74) is -1.05. The summed E-state index contributed by atoms with van der Waals surface area (Å²) >= 11 is 0. The molecule has 2 unspecified atom stereocenters. The van der Waals surface area contributed by atoms with Crippen molar-refractivity contribution in [2.45, 2.75) is 69.6 Å². The molecule has 5 aliphatic rings. The van der Waals surface area contributed by atoms with Gasteiger partial charge in [-0.15, -0.1) is 0 Å². The maximum absolute atomic E-state index is 13.8. The Bertz CT molecular complexity index is 893. The average Bonchev–Trinajstić information content (AvgIpc) is 3.21. The molecule has 8 heteroatoms. The van der Waals surface area contributed by atoms with Crippen molar-refractivity contribution in [3.8, 4) is 5.75 Å². The van der Waals surface area contributed by atoms with Gasteiger partial charge in [0, 0.05) is 11.0 Å². The zero-order valence-electron chi connectivity index (χ0n) is 17.8. The van der Waals surface area contributed by atoms with Crippen LogP contribution in [0.15, 0.2) is 18.2 Å². The van der Waals surface area contributed by atoms with Crippen LogP contribution in [0.25, 0.3) is 0 Å². The van der Waals surface area contributed by atoms with Crippen LogP contribution in [-0.4, -0.2) is 35.5 Å². The minimum absolute atomic E-state index is 0.0221. The Balaban J connectivity index is 1.33. The maximum Gasteiger partial charge on any atom is 0.419 e. The van der Waals surface area contributed by atoms with Gasteiger partial charge in [-0.1, -0.05) is 0 Å². The van der Waals surface area contributed by atoms with Crippen molar-refractivity contribution in [1.82, 2.24) is 5.32 Å². The van der Waals surface area contributed by atoms with E-state index in [0.717, 1.165) is 25.3 Å². The predicted octanol–water partition coefficient (Wildman–Crippen LogP) is 4.69. The van der Waals surface area contributed by atoms with E-state index in [1.165, 1.54) is 31.4 Å². The molecule has 0 radical (unpaired) electrons. The van der Waals surface area contributed by atoms with Crippen LogP contribution in [0.4, 0.5) is 13.2 Å². The molecule has 4 saturated carbocycles. The van der Waals surface area contributed by atoms with Crippen LogP contribution < -0.4 is 10.1 Å². The van der Waals surface area contributed by atoms with Crippen LogP contribution in [0.1, 0.15) is 67.3 Å². The van der Waals surface area contributed by atoms with Crippen LogP contribution in [-0.2, 0) is 11.0 Å². The highest BCUT2D eigenvalue weighted by atomic mass is 19.4. The standard InChI is InChI=1S/C24H28F3NO4/c25-24(26,27)17-8-16(21(29)18-2-3-19(28-18)22(30)31)1-4-20(17)32-12-23-9-13-5-14(10-23)7-15(6-13)11-23/h1,4,8,13-15,18-19,28H,2-3,5-7,9-12H2,(H,30,31). The Morgan fingerprint density at radius 1 is 1.03 bits per heavy atom. The highest BCUT2D eigenvalue weighted by molar-refractivity contribution is 6.01. The normalized spacial score (nSPS) is 35.8. The van der Waals surface area contributed by atoms with E-state index in [0.29, 0.717) is 17.8 Å². The Morgan fingerprint density at radius 3 is 2.16 bits per heavy atom. The van der Waals surface area contributed by atoms with E-state index in [4.69, 9.17) is 9.84 Å². The number of Topliss-reactive ketones (excluding diaryl/α,β-unsaturated/α-hetero) is 1. The number of hydrogen-bond acceptors (Lipinski definition) is 4. The third-order valence-electron chi connectivity index (χ3n) is 8.03. The lowest BCUT2D eigenvalue weighted by Crippen LogP contribution is -2.48. The van der Waals surface area contributed by atoms with Crippen molar-refractivity contribution in [3.63, 3.8) is 0 Å². The molecule has 2 atom stereocenters. The van der Waals surface area contributed by atoms with Crippen molar-refractivity contribution in [2.75, 3.05) is 6.61 Å². The number of carboxylic acid groups (broad SMARTS) is 1. The molecule has 6 rings (SSSR count). The van der Waals surface area contributed by atoms with E-state index < -0.39 is 35.6 Å². The second-order valence-electron chi connectivity index (χ2n) is 10.5. The average molecular weight is 451 g/mol. The van der Waals surface area contributed by atoms with E-state index in [-0.39, 0.29) is 36.2 Å². The fraction of sp³-hybridized carbons (Fsp3) is 0.667. The number of alkyl halides is 3. The van der Waals surface area contributed by atoms with E-state index in [1.807, 2.05) is 0 Å². The van der Waals surface area contributed by atoms with Gasteiger partial charge >= 0.3 is 12.1 Å². The van der Waals surface area contributed by atoms with Gasteiger partial charge in [0.25, 0.3) is 0 Å². The molecule has 32 heavy (non-hydrogen) atoms. The molecule has 1 heterocycles. The number of benzene rings is 1. The van der Waals surface area contributed by atoms with E-state index in [2.05, 4.69) is 5.32 Å². The van der Waals surface area contributed by atoms with Gasteiger partial charge < -0.3 is 9.84 Å². The van der Waals surface area contributed by atoms with E-state index in [1.54, 1.807) is 0 Å². The number of nitrogens with one attached hydrogen (secondary N) is 1. The quantitative estimate of drug-likeness (QED) is 0.614. The van der Waals surface area contributed by atoms with Gasteiger partial charge in [-0.3, -0.25) is 14.9 Å². The highest BCUT2D eigenvalue weighted by Crippen LogP contribution is 2.60. The van der Waals surface area contributed by atoms with E-state index >= 15 is 0 Å². The van der Waals surface area contributed by atoms with Gasteiger partial charge in [-0.2, -0.15) is 13.2 Å². The van der Waals surface area contributed by atoms with Crippen molar-refractivity contribution in [1.29, 1.82) is 0 Å². The molecule has 5 fully saturated rings. The molecule has 5 nitrogen and oxygen atoms in total. The summed E-state index contributed by atoms with van der Waals surface area (Å²) in [4.78, 5) is 23.8. The Morgan fingerprint density at radius 2 is 1.62 bits per heavy atom. The van der Waals surface area contributed by atoms with Crippen LogP contribution in [0.3, 0.4) is 0 Å². The lowest BCUT2D eigenvalue weighted by atomic mass is 9.50. The molecule has 0 aromatic heterocycles. The molecule has 2 N–H and O–H groups in total. The summed E-state index contributed by atoms with van der Waals surface area (Å²) < 4.78 is 47.3. The number of carbonyl (C=O) groups excluding carboxylic acids is 1. The minimum atomic E-state index is -4.65. The highest BCUT2D eigenvalue weighted by Gasteiger charge is 2.51. The maximum atomic E-state index is 13.8. The fourth-order valence-corrected chi connectivity index (χ4v) is 7.07. The van der Waals surface area contributed by atoms with Crippen molar-refractivity contribution < 1.29 is 32.6 Å². The topological polar surface area (TPSA) is 75.6 Å². The number of halogens is 3. The summed E-state index contributed by atoms with van der Waals surface area (Å²) in [6.07, 6.45) is 2.76. The zero-order chi connectivity index (χ0) is 22.7. The smallest absolute Gasteiger partial charge is 0.419 e. The number of aliphatic carboxylic acids is 1. The number of ether oxygens (including phenoxy) is 1. The fourth-order valence-electron chi connectivity index (χ4n) is 7.07. The molecule has 1 saturated heterocycles. The molecule has 4 bridgehead atoms. The van der Waals surface area contributed by atoms with Crippen molar-refractivity contribution in [2.24, 2.45) is 23.2 Å². The van der Waals surface area contributed by atoms with Crippen LogP contribution in [0, 0.1) is 23.2 Å². The van der Waals surface area contributed by atoms with Gasteiger partial charge in [0.1, 0.15) is 11.8 Å². The third-order valence-corrected chi connectivity index (χ3v) is 8.03. The minimum Gasteiger partial charge on any atom is -0.492 e. The van der Waals surface area contributed by atoms with Gasteiger partial charge in [-0.05, 0) is 87.3 Å². The number of carbonyl (C=O) groups is 2. The van der Waals surface area contributed by atoms with Crippen LogP contribution in [0.5, 0.6) is 5.75 Å². The largest absolute Gasteiger partial charge is 0.492 e. The number of hydrogen-bond donors (Lipinski definition) is 2. The summed E-state index contributed by atoms with van der Waals surface area (Å²) in [7, 11) is 0.